The van der Waals surface area contributed by atoms with E-state index in [9.17, 15) is 0 Å². The van der Waals surface area contributed by atoms with Crippen LogP contribution in [0.1, 0.15) is 44.9 Å². The summed E-state index contributed by atoms with van der Waals surface area (Å²) in [4.78, 5) is 0. The largest absolute Gasteiger partial charge is 0.198 e. The molecule has 7 atom stereocenters. The number of allylic oxidation sites excluding steroid dienone is 2. The number of nitrogens with zero attached hydrogens (tertiary/aromatic N) is 1. The summed E-state index contributed by atoms with van der Waals surface area (Å²) in [7, 11) is 0. The van der Waals surface area contributed by atoms with E-state index in [1.54, 1.807) is 6.42 Å². The summed E-state index contributed by atoms with van der Waals surface area (Å²) in [5, 5.41) is 8.60. The number of hydrogen-bond donors (Lipinski definition) is 0. The highest BCUT2D eigenvalue weighted by molar-refractivity contribution is 5.20. The van der Waals surface area contributed by atoms with Gasteiger partial charge in [-0.3, -0.25) is 0 Å². The molecule has 0 aromatic rings. The maximum atomic E-state index is 8.60. The van der Waals surface area contributed by atoms with Crippen LogP contribution in [0.5, 0.6) is 0 Å². The first-order valence-corrected chi connectivity index (χ1v) is 7.93. The monoisotopic (exact) mass is 241 g/mol. The molecule has 0 aromatic heterocycles. The number of unbranched alkanes of at least 4 members (excludes halogenated alkanes) is 2. The molecule has 4 aliphatic carbocycles. The van der Waals surface area contributed by atoms with E-state index in [1.807, 2.05) is 0 Å². The predicted molar refractivity (Wildman–Crippen MR) is 71.5 cm³/mol. The third-order valence-electron chi connectivity index (χ3n) is 6.52. The minimum atomic E-state index is 0.764. The Kier molecular flexibility index (Phi) is 2.54. The first-order chi connectivity index (χ1) is 8.88. The van der Waals surface area contributed by atoms with Crippen LogP contribution in [-0.2, 0) is 0 Å². The molecule has 0 amide bonds. The van der Waals surface area contributed by atoms with E-state index in [0.29, 0.717) is 0 Å². The van der Waals surface area contributed by atoms with E-state index >= 15 is 0 Å². The Bertz CT molecular complexity index is 404. The molecule has 18 heavy (non-hydrogen) atoms. The first kappa shape index (κ1) is 11.1. The highest BCUT2D eigenvalue weighted by atomic mass is 14.6. The fourth-order valence-corrected chi connectivity index (χ4v) is 6.10. The molecule has 1 nitrogen and oxygen atoms in total. The normalized spacial score (nSPS) is 50.7. The van der Waals surface area contributed by atoms with Gasteiger partial charge >= 0.3 is 0 Å². The van der Waals surface area contributed by atoms with Gasteiger partial charge in [0.25, 0.3) is 0 Å². The van der Waals surface area contributed by atoms with E-state index in [2.05, 4.69) is 18.2 Å². The second-order valence-electron chi connectivity index (χ2n) is 7.16. The quantitative estimate of drug-likeness (QED) is 0.412. The Hall–Kier alpha value is -0.770. The summed E-state index contributed by atoms with van der Waals surface area (Å²) in [6.07, 6.45) is 14.2. The molecule has 0 radical (unpaired) electrons. The Morgan fingerprint density at radius 3 is 2.67 bits per heavy atom. The van der Waals surface area contributed by atoms with Crippen LogP contribution in [-0.4, -0.2) is 0 Å². The van der Waals surface area contributed by atoms with Crippen molar-refractivity contribution in [3.05, 3.63) is 12.2 Å². The van der Waals surface area contributed by atoms with Crippen molar-refractivity contribution in [1.82, 2.24) is 0 Å². The van der Waals surface area contributed by atoms with Gasteiger partial charge in [-0.2, -0.15) is 5.26 Å². The summed E-state index contributed by atoms with van der Waals surface area (Å²) < 4.78 is 0. The Morgan fingerprint density at radius 1 is 1.00 bits per heavy atom. The second-order valence-corrected chi connectivity index (χ2v) is 7.16. The Balaban J connectivity index is 1.40. The third kappa shape index (κ3) is 1.44. The summed E-state index contributed by atoms with van der Waals surface area (Å²) >= 11 is 0. The predicted octanol–water partition coefficient (Wildman–Crippen LogP) is 4.16. The van der Waals surface area contributed by atoms with Crippen molar-refractivity contribution in [2.45, 2.75) is 44.9 Å². The van der Waals surface area contributed by atoms with E-state index in [-0.39, 0.29) is 0 Å². The van der Waals surface area contributed by atoms with E-state index in [4.69, 9.17) is 5.26 Å². The molecule has 0 N–H and O–H groups in total. The standard InChI is InChI=1S/C17H23N/c18-7-3-1-2-4-11-8-14-10-15(11)17-13-6-5-12(9-13)16(14)17/h5-6,11-17H,1-4,8-10H2. The lowest BCUT2D eigenvalue weighted by Crippen LogP contribution is -2.30. The SMILES string of the molecule is N#CCCCCC1CC2CC1C1C3C=CC(C3)C21. The van der Waals surface area contributed by atoms with Gasteiger partial charge in [0.1, 0.15) is 0 Å². The molecule has 4 aliphatic rings. The molecule has 4 rings (SSSR count). The number of fused-ring (bicyclic) bond motifs is 9. The van der Waals surface area contributed by atoms with Gasteiger partial charge in [-0.15, -0.1) is 0 Å². The zero-order chi connectivity index (χ0) is 12.1. The molecule has 7 unspecified atom stereocenters. The smallest absolute Gasteiger partial charge is 0.0621 e. The van der Waals surface area contributed by atoms with Crippen molar-refractivity contribution in [2.24, 2.45) is 41.4 Å². The van der Waals surface area contributed by atoms with Gasteiger partial charge in [-0.05, 0) is 67.1 Å². The van der Waals surface area contributed by atoms with Crippen LogP contribution in [0, 0.1) is 52.8 Å². The molecule has 0 saturated heterocycles. The lowest BCUT2D eigenvalue weighted by atomic mass is 9.68. The maximum absolute atomic E-state index is 8.60. The molecule has 0 spiro atoms. The number of hydrogen-bond acceptors (Lipinski definition) is 1. The van der Waals surface area contributed by atoms with Crippen molar-refractivity contribution < 1.29 is 0 Å². The number of rotatable bonds is 4. The average molecular weight is 241 g/mol. The molecule has 1 heteroatoms. The highest BCUT2D eigenvalue weighted by Gasteiger charge is 2.60. The van der Waals surface area contributed by atoms with Crippen molar-refractivity contribution in [1.29, 1.82) is 5.26 Å². The van der Waals surface area contributed by atoms with Crippen LogP contribution >= 0.6 is 0 Å². The van der Waals surface area contributed by atoms with Gasteiger partial charge in [0.2, 0.25) is 0 Å². The van der Waals surface area contributed by atoms with Gasteiger partial charge in [-0.1, -0.05) is 25.0 Å². The van der Waals surface area contributed by atoms with Crippen LogP contribution in [0.2, 0.25) is 0 Å². The van der Waals surface area contributed by atoms with E-state index < -0.39 is 0 Å². The zero-order valence-electron chi connectivity index (χ0n) is 11.1. The summed E-state index contributed by atoms with van der Waals surface area (Å²) in [6, 6.07) is 2.28. The van der Waals surface area contributed by atoms with Crippen molar-refractivity contribution in [3.63, 3.8) is 0 Å². The van der Waals surface area contributed by atoms with Gasteiger partial charge < -0.3 is 0 Å². The van der Waals surface area contributed by atoms with Crippen LogP contribution in [0.15, 0.2) is 12.2 Å². The minimum Gasteiger partial charge on any atom is -0.198 e. The van der Waals surface area contributed by atoms with Crippen LogP contribution in [0.25, 0.3) is 0 Å². The fraction of sp³-hybridized carbons (Fsp3) is 0.824. The lowest BCUT2D eigenvalue weighted by Gasteiger charge is -2.36. The van der Waals surface area contributed by atoms with Gasteiger partial charge in [0.15, 0.2) is 0 Å². The average Bonchev–Trinajstić information content (AvgIpc) is 3.10. The Labute approximate surface area is 110 Å². The zero-order valence-corrected chi connectivity index (χ0v) is 11.1. The van der Waals surface area contributed by atoms with E-state index in [1.165, 1.54) is 25.7 Å². The number of nitriles is 1. The van der Waals surface area contributed by atoms with Gasteiger partial charge in [-0.25, -0.2) is 0 Å². The van der Waals surface area contributed by atoms with E-state index in [0.717, 1.165) is 54.3 Å². The van der Waals surface area contributed by atoms with Crippen molar-refractivity contribution >= 4 is 0 Å². The first-order valence-electron chi connectivity index (χ1n) is 7.93. The third-order valence-corrected chi connectivity index (χ3v) is 6.52. The molecule has 3 saturated carbocycles. The van der Waals surface area contributed by atoms with Crippen molar-refractivity contribution in [2.75, 3.05) is 0 Å². The molecular formula is C17H23N. The Morgan fingerprint density at radius 2 is 1.83 bits per heavy atom. The fourth-order valence-electron chi connectivity index (χ4n) is 6.10. The van der Waals surface area contributed by atoms with Crippen molar-refractivity contribution in [3.8, 4) is 6.07 Å². The van der Waals surface area contributed by atoms with Crippen LogP contribution in [0.3, 0.4) is 0 Å². The molecule has 0 aromatic carbocycles. The second kappa shape index (κ2) is 4.12. The minimum absolute atomic E-state index is 0.764. The van der Waals surface area contributed by atoms with Crippen LogP contribution in [0.4, 0.5) is 0 Å². The molecule has 4 bridgehead atoms. The summed E-state index contributed by atoms with van der Waals surface area (Å²) in [5.41, 5.74) is 0. The molecule has 3 fully saturated rings. The molecule has 0 heterocycles. The topological polar surface area (TPSA) is 23.8 Å². The van der Waals surface area contributed by atoms with Gasteiger partial charge in [0.05, 0.1) is 6.07 Å². The molecule has 0 aliphatic heterocycles. The highest BCUT2D eigenvalue weighted by Crippen LogP contribution is 2.67. The molecule has 96 valence electrons. The maximum Gasteiger partial charge on any atom is 0.0621 e. The molecular weight excluding hydrogens is 218 g/mol. The summed E-state index contributed by atoms with van der Waals surface area (Å²) in [5.74, 6) is 7.22. The van der Waals surface area contributed by atoms with Crippen LogP contribution < -0.4 is 0 Å². The summed E-state index contributed by atoms with van der Waals surface area (Å²) in [6.45, 7) is 0. The lowest BCUT2D eigenvalue weighted by molar-refractivity contribution is 0.142. The van der Waals surface area contributed by atoms with Gasteiger partial charge in [0, 0.05) is 6.42 Å².